The highest BCUT2D eigenvalue weighted by atomic mass is 32.1. The van der Waals surface area contributed by atoms with Crippen molar-refractivity contribution >= 4 is 12.2 Å². The molecule has 2 aromatic carbocycles. The smallest absolute Gasteiger partial charge is 0.146 e. The maximum Gasteiger partial charge on any atom is 0.146 e. The molecule has 0 bridgehead atoms. The van der Waals surface area contributed by atoms with Crippen molar-refractivity contribution in [3.8, 4) is 22.8 Å². The van der Waals surface area contributed by atoms with Gasteiger partial charge in [-0.05, 0) is 81.1 Å². The van der Waals surface area contributed by atoms with Crippen LogP contribution in [0.4, 0.5) is 4.39 Å². The summed E-state index contributed by atoms with van der Waals surface area (Å²) in [5.74, 6) is 1.33. The Morgan fingerprint density at radius 1 is 1.04 bits per heavy atom. The van der Waals surface area contributed by atoms with Gasteiger partial charge in [0.15, 0.2) is 0 Å². The first-order valence-electron chi connectivity index (χ1n) is 9.31. The second-order valence-electron chi connectivity index (χ2n) is 6.64. The molecule has 0 spiro atoms. The van der Waals surface area contributed by atoms with Gasteiger partial charge in [0.05, 0.1) is 6.61 Å². The molecule has 1 aliphatic carbocycles. The number of fused-ring (bicyclic) bond motifs is 1. The lowest BCUT2D eigenvalue weighted by Gasteiger charge is -2.24. The van der Waals surface area contributed by atoms with Crippen molar-refractivity contribution in [3.63, 3.8) is 0 Å². The normalized spacial score (nSPS) is 13.3. The van der Waals surface area contributed by atoms with Crippen LogP contribution in [-0.4, -0.2) is 16.2 Å². The molecule has 3 aromatic rings. The van der Waals surface area contributed by atoms with Crippen LogP contribution in [0.1, 0.15) is 31.0 Å². The Hall–Kier alpha value is -2.53. The highest BCUT2D eigenvalue weighted by Crippen LogP contribution is 2.31. The summed E-state index contributed by atoms with van der Waals surface area (Å²) in [6.45, 7) is 2.60. The van der Waals surface area contributed by atoms with Crippen molar-refractivity contribution in [2.45, 2.75) is 32.6 Å². The third-order valence-electron chi connectivity index (χ3n) is 4.89. The molecule has 0 atom stereocenters. The van der Waals surface area contributed by atoms with Crippen LogP contribution in [0.15, 0.2) is 48.5 Å². The van der Waals surface area contributed by atoms with E-state index in [4.69, 9.17) is 21.9 Å². The van der Waals surface area contributed by atoms with E-state index in [9.17, 15) is 4.39 Å². The van der Waals surface area contributed by atoms with Crippen molar-refractivity contribution in [3.05, 3.63) is 70.2 Å². The van der Waals surface area contributed by atoms with E-state index in [1.54, 1.807) is 12.1 Å². The molecule has 27 heavy (non-hydrogen) atoms. The summed E-state index contributed by atoms with van der Waals surface area (Å²) >= 11 is 5.60. The van der Waals surface area contributed by atoms with Crippen LogP contribution >= 0.6 is 12.2 Å². The maximum atomic E-state index is 13.4. The van der Waals surface area contributed by atoms with Crippen molar-refractivity contribution in [2.75, 3.05) is 6.61 Å². The van der Waals surface area contributed by atoms with Crippen LogP contribution in [0.25, 0.3) is 17.1 Å². The Labute approximate surface area is 163 Å². The number of ether oxygens (including phenoxy) is 1. The highest BCUT2D eigenvalue weighted by molar-refractivity contribution is 7.71. The van der Waals surface area contributed by atoms with Crippen LogP contribution in [0.5, 0.6) is 5.75 Å². The van der Waals surface area contributed by atoms with E-state index in [1.165, 1.54) is 17.8 Å². The summed E-state index contributed by atoms with van der Waals surface area (Å²) in [4.78, 5) is 4.75. The molecule has 0 fully saturated rings. The van der Waals surface area contributed by atoms with Crippen LogP contribution in [0.3, 0.4) is 0 Å². The molecule has 4 rings (SSSR count). The number of nitrogens with zero attached hydrogens (tertiary/aromatic N) is 2. The highest BCUT2D eigenvalue weighted by Gasteiger charge is 2.20. The van der Waals surface area contributed by atoms with E-state index in [-0.39, 0.29) is 5.82 Å². The average Bonchev–Trinajstić information content (AvgIpc) is 2.70. The molecule has 1 aliphatic rings. The number of benzene rings is 2. The van der Waals surface area contributed by atoms with Gasteiger partial charge in [0, 0.05) is 22.5 Å². The van der Waals surface area contributed by atoms with E-state index in [0.29, 0.717) is 11.2 Å². The van der Waals surface area contributed by atoms with Gasteiger partial charge < -0.3 is 4.74 Å². The van der Waals surface area contributed by atoms with Gasteiger partial charge in [0.2, 0.25) is 0 Å². The van der Waals surface area contributed by atoms with Crippen molar-refractivity contribution in [2.24, 2.45) is 0 Å². The number of hydrogen-bond acceptors (Lipinski definition) is 3. The molecule has 0 N–H and O–H groups in total. The van der Waals surface area contributed by atoms with E-state index < -0.39 is 0 Å². The predicted octanol–water partition coefficient (Wildman–Crippen LogP) is 5.69. The SMILES string of the molecule is CCOc1ccc(-n2c(-c3ccc(F)cc3)nc(=S)c3c2CCCC3)cc1. The van der Waals surface area contributed by atoms with Gasteiger partial charge in [0.25, 0.3) is 0 Å². The largest absolute Gasteiger partial charge is 0.494 e. The van der Waals surface area contributed by atoms with E-state index in [1.807, 2.05) is 31.2 Å². The van der Waals surface area contributed by atoms with Crippen LogP contribution < -0.4 is 4.74 Å². The molecule has 0 saturated heterocycles. The summed E-state index contributed by atoms with van der Waals surface area (Å²) in [6, 6.07) is 14.5. The number of rotatable bonds is 4. The molecular formula is C22H21FN2OS. The van der Waals surface area contributed by atoms with Crippen molar-refractivity contribution in [1.82, 2.24) is 9.55 Å². The first kappa shape index (κ1) is 17.9. The van der Waals surface area contributed by atoms with Crippen molar-refractivity contribution < 1.29 is 9.13 Å². The molecule has 1 aromatic heterocycles. The zero-order valence-corrected chi connectivity index (χ0v) is 16.1. The first-order chi connectivity index (χ1) is 13.2. The molecule has 5 heteroatoms. The Kier molecular flexibility index (Phi) is 5.03. The Balaban J connectivity index is 1.94. The van der Waals surface area contributed by atoms with Gasteiger partial charge >= 0.3 is 0 Å². The summed E-state index contributed by atoms with van der Waals surface area (Å²) < 4.78 is 21.8. The van der Waals surface area contributed by atoms with Gasteiger partial charge in [-0.1, -0.05) is 12.2 Å². The molecule has 0 aliphatic heterocycles. The lowest BCUT2D eigenvalue weighted by atomic mass is 9.96. The molecule has 0 amide bonds. The molecule has 138 valence electrons. The van der Waals surface area contributed by atoms with Crippen LogP contribution in [0, 0.1) is 10.5 Å². The van der Waals surface area contributed by atoms with E-state index >= 15 is 0 Å². The van der Waals surface area contributed by atoms with Gasteiger partial charge in [-0.3, -0.25) is 4.57 Å². The molecular weight excluding hydrogens is 359 g/mol. The second-order valence-corrected chi connectivity index (χ2v) is 7.03. The topological polar surface area (TPSA) is 27.1 Å². The molecule has 3 nitrogen and oxygen atoms in total. The van der Waals surface area contributed by atoms with Gasteiger partial charge in [-0.2, -0.15) is 0 Å². The molecule has 0 saturated carbocycles. The first-order valence-corrected chi connectivity index (χ1v) is 9.72. The van der Waals surface area contributed by atoms with Crippen LogP contribution in [0.2, 0.25) is 0 Å². The second kappa shape index (κ2) is 7.61. The van der Waals surface area contributed by atoms with Gasteiger partial charge in [-0.15, -0.1) is 0 Å². The molecule has 1 heterocycles. The third-order valence-corrected chi connectivity index (χ3v) is 5.23. The summed E-state index contributed by atoms with van der Waals surface area (Å²) in [7, 11) is 0. The number of hydrogen-bond donors (Lipinski definition) is 0. The van der Waals surface area contributed by atoms with Crippen molar-refractivity contribution in [1.29, 1.82) is 0 Å². The Bertz CT molecular complexity index is 1010. The third kappa shape index (κ3) is 3.52. The fraction of sp³-hybridized carbons (Fsp3) is 0.273. The minimum Gasteiger partial charge on any atom is -0.494 e. The lowest BCUT2D eigenvalue weighted by molar-refractivity contribution is 0.340. The molecule has 0 unspecified atom stereocenters. The zero-order valence-electron chi connectivity index (χ0n) is 15.2. The van der Waals surface area contributed by atoms with Gasteiger partial charge in [-0.25, -0.2) is 9.37 Å². The van der Waals surface area contributed by atoms with Crippen LogP contribution in [-0.2, 0) is 12.8 Å². The summed E-state index contributed by atoms with van der Waals surface area (Å²) in [5.41, 5.74) is 4.24. The minimum atomic E-state index is -0.261. The summed E-state index contributed by atoms with van der Waals surface area (Å²) in [6.07, 6.45) is 4.19. The average molecular weight is 380 g/mol. The number of halogens is 1. The Morgan fingerprint density at radius 3 is 2.44 bits per heavy atom. The standard InChI is InChI=1S/C22H21FN2OS/c1-2-26-18-13-11-17(12-14-18)25-20-6-4-3-5-19(20)22(27)24-21(25)15-7-9-16(23)10-8-15/h7-14H,2-6H2,1H3. The quantitative estimate of drug-likeness (QED) is 0.545. The lowest BCUT2D eigenvalue weighted by Crippen LogP contribution is -2.17. The maximum absolute atomic E-state index is 13.4. The van der Waals surface area contributed by atoms with E-state index in [0.717, 1.165) is 54.1 Å². The zero-order chi connectivity index (χ0) is 18.8. The number of aromatic nitrogens is 2. The Morgan fingerprint density at radius 2 is 1.74 bits per heavy atom. The van der Waals surface area contributed by atoms with E-state index in [2.05, 4.69) is 4.57 Å². The monoisotopic (exact) mass is 380 g/mol. The predicted molar refractivity (Wildman–Crippen MR) is 108 cm³/mol. The summed E-state index contributed by atoms with van der Waals surface area (Å²) in [5, 5.41) is 0. The fourth-order valence-electron chi connectivity index (χ4n) is 3.64. The fourth-order valence-corrected chi connectivity index (χ4v) is 3.94. The minimum absolute atomic E-state index is 0.261. The molecule has 0 radical (unpaired) electrons. The van der Waals surface area contributed by atoms with Gasteiger partial charge in [0.1, 0.15) is 22.0 Å².